The Kier molecular flexibility index (Phi) is 6.45. The Hall–Kier alpha value is -5.60. The lowest BCUT2D eigenvalue weighted by molar-refractivity contribution is 0.423. The SMILES string of the molecule is CC1(C)c2ccccc2-c2ccc(N(c3ccc4c5ccccc5n(C(C)(C)C)c4c3)c3ccc4ccccc4c3-c3ccccc3)cc21. The van der Waals surface area contributed by atoms with Crippen LogP contribution >= 0.6 is 0 Å². The lowest BCUT2D eigenvalue weighted by atomic mass is 9.82. The maximum Gasteiger partial charge on any atom is 0.0546 e. The van der Waals surface area contributed by atoms with Crippen LogP contribution in [0, 0.1) is 0 Å². The van der Waals surface area contributed by atoms with Gasteiger partial charge in [0, 0.05) is 44.2 Å². The van der Waals surface area contributed by atoms with E-state index in [1.54, 1.807) is 0 Å². The molecule has 0 N–H and O–H groups in total. The van der Waals surface area contributed by atoms with Crippen LogP contribution in [0.5, 0.6) is 0 Å². The van der Waals surface area contributed by atoms with Gasteiger partial charge in [0.1, 0.15) is 0 Å². The van der Waals surface area contributed by atoms with Crippen LogP contribution < -0.4 is 4.90 Å². The Morgan fingerprint density at radius 1 is 0.510 bits per heavy atom. The standard InChI is InChI=1S/C47H40N2/c1-46(2,3)49-42-22-14-12-20-38(42)39-27-25-34(30-44(39)49)48(33-24-26-37-36-19-11-13-21-40(36)47(4,5)41(37)29-33)43-28-23-31-15-9-10-18-35(31)45(43)32-16-7-6-8-17-32/h6-30H,1-5H3. The number of hydrogen-bond donors (Lipinski definition) is 0. The summed E-state index contributed by atoms with van der Waals surface area (Å²) in [5, 5.41) is 5.05. The molecule has 8 aromatic rings. The summed E-state index contributed by atoms with van der Waals surface area (Å²) < 4.78 is 2.51. The van der Waals surface area contributed by atoms with Gasteiger partial charge in [-0.25, -0.2) is 0 Å². The molecule has 1 aliphatic rings. The second-order valence-electron chi connectivity index (χ2n) is 15.0. The van der Waals surface area contributed by atoms with Crippen LogP contribution in [0.4, 0.5) is 17.1 Å². The highest BCUT2D eigenvalue weighted by Crippen LogP contribution is 2.52. The van der Waals surface area contributed by atoms with Crippen LogP contribution in [0.2, 0.25) is 0 Å². The highest BCUT2D eigenvalue weighted by molar-refractivity contribution is 6.10. The predicted molar refractivity (Wildman–Crippen MR) is 210 cm³/mol. The Morgan fingerprint density at radius 3 is 1.96 bits per heavy atom. The summed E-state index contributed by atoms with van der Waals surface area (Å²) in [6.45, 7) is 11.7. The predicted octanol–water partition coefficient (Wildman–Crippen LogP) is 13.1. The van der Waals surface area contributed by atoms with E-state index in [0.717, 1.165) is 17.1 Å². The Morgan fingerprint density at radius 2 is 1.14 bits per heavy atom. The number of benzene rings is 7. The third kappa shape index (κ3) is 4.47. The Labute approximate surface area is 288 Å². The zero-order valence-electron chi connectivity index (χ0n) is 28.8. The molecule has 0 atom stereocenters. The lowest BCUT2D eigenvalue weighted by Crippen LogP contribution is -2.21. The molecule has 1 aromatic heterocycles. The number of para-hydroxylation sites is 1. The second-order valence-corrected chi connectivity index (χ2v) is 15.0. The van der Waals surface area contributed by atoms with Crippen molar-refractivity contribution in [3.8, 4) is 22.3 Å². The molecule has 0 unspecified atom stereocenters. The van der Waals surface area contributed by atoms with Crippen molar-refractivity contribution in [3.63, 3.8) is 0 Å². The van der Waals surface area contributed by atoms with Gasteiger partial charge in [0.15, 0.2) is 0 Å². The van der Waals surface area contributed by atoms with Gasteiger partial charge in [-0.05, 0) is 95.8 Å². The molecule has 0 amide bonds. The molecule has 0 saturated carbocycles. The van der Waals surface area contributed by atoms with Crippen molar-refractivity contribution >= 4 is 49.6 Å². The molecule has 1 heterocycles. The van der Waals surface area contributed by atoms with Crippen molar-refractivity contribution in [1.82, 2.24) is 4.57 Å². The van der Waals surface area contributed by atoms with Gasteiger partial charge < -0.3 is 9.47 Å². The Bertz CT molecular complexity index is 2560. The molecule has 238 valence electrons. The van der Waals surface area contributed by atoms with Crippen LogP contribution in [0.3, 0.4) is 0 Å². The molecule has 0 radical (unpaired) electrons. The van der Waals surface area contributed by atoms with Crippen molar-refractivity contribution in [2.75, 3.05) is 4.90 Å². The number of aromatic nitrogens is 1. The van der Waals surface area contributed by atoms with E-state index in [2.05, 4.69) is 196 Å². The first kappa shape index (κ1) is 29.5. The van der Waals surface area contributed by atoms with Crippen LogP contribution in [0.1, 0.15) is 45.7 Å². The molecule has 0 saturated heterocycles. The summed E-state index contributed by atoms with van der Waals surface area (Å²) in [6.07, 6.45) is 0. The molecule has 9 rings (SSSR count). The fourth-order valence-electron chi connectivity index (χ4n) is 8.43. The average molecular weight is 633 g/mol. The van der Waals surface area contributed by atoms with Gasteiger partial charge in [-0.15, -0.1) is 0 Å². The quantitative estimate of drug-likeness (QED) is 0.187. The van der Waals surface area contributed by atoms with Crippen molar-refractivity contribution in [1.29, 1.82) is 0 Å². The van der Waals surface area contributed by atoms with E-state index in [1.807, 2.05) is 0 Å². The molecular weight excluding hydrogens is 593 g/mol. The van der Waals surface area contributed by atoms with E-state index >= 15 is 0 Å². The summed E-state index contributed by atoms with van der Waals surface area (Å²) in [4.78, 5) is 2.50. The molecule has 0 spiro atoms. The topological polar surface area (TPSA) is 8.17 Å². The number of hydrogen-bond acceptors (Lipinski definition) is 1. The zero-order valence-corrected chi connectivity index (χ0v) is 28.8. The maximum absolute atomic E-state index is 2.51. The summed E-state index contributed by atoms with van der Waals surface area (Å²) in [5.41, 5.74) is 13.6. The van der Waals surface area contributed by atoms with Crippen molar-refractivity contribution < 1.29 is 0 Å². The minimum absolute atomic E-state index is 0.105. The van der Waals surface area contributed by atoms with E-state index in [-0.39, 0.29) is 11.0 Å². The van der Waals surface area contributed by atoms with Gasteiger partial charge >= 0.3 is 0 Å². The minimum Gasteiger partial charge on any atom is -0.335 e. The van der Waals surface area contributed by atoms with E-state index in [9.17, 15) is 0 Å². The summed E-state index contributed by atoms with van der Waals surface area (Å²) >= 11 is 0. The zero-order chi connectivity index (χ0) is 33.5. The van der Waals surface area contributed by atoms with Gasteiger partial charge in [0.25, 0.3) is 0 Å². The number of fused-ring (bicyclic) bond motifs is 7. The lowest BCUT2D eigenvalue weighted by Gasteiger charge is -2.31. The summed E-state index contributed by atoms with van der Waals surface area (Å²) in [6, 6.07) is 56.2. The molecule has 1 aliphatic carbocycles. The highest BCUT2D eigenvalue weighted by atomic mass is 15.1. The Balaban J connectivity index is 1.37. The molecular formula is C47H40N2. The highest BCUT2D eigenvalue weighted by Gasteiger charge is 2.36. The molecule has 2 heteroatoms. The van der Waals surface area contributed by atoms with Gasteiger partial charge in [-0.2, -0.15) is 0 Å². The van der Waals surface area contributed by atoms with E-state index in [4.69, 9.17) is 0 Å². The normalized spacial score (nSPS) is 13.6. The first-order chi connectivity index (χ1) is 23.7. The average Bonchev–Trinajstić information content (AvgIpc) is 3.57. The van der Waals surface area contributed by atoms with Crippen LogP contribution in [0.15, 0.2) is 152 Å². The fourth-order valence-corrected chi connectivity index (χ4v) is 8.43. The third-order valence-corrected chi connectivity index (χ3v) is 10.6. The summed E-state index contributed by atoms with van der Waals surface area (Å²) in [5.74, 6) is 0. The second kappa shape index (κ2) is 10.7. The molecule has 7 aromatic carbocycles. The van der Waals surface area contributed by atoms with Gasteiger partial charge in [0.2, 0.25) is 0 Å². The van der Waals surface area contributed by atoms with E-state index in [0.29, 0.717) is 0 Å². The maximum atomic E-state index is 2.51. The third-order valence-electron chi connectivity index (χ3n) is 10.6. The van der Waals surface area contributed by atoms with E-state index < -0.39 is 0 Å². The van der Waals surface area contributed by atoms with Gasteiger partial charge in [-0.1, -0.05) is 129 Å². The van der Waals surface area contributed by atoms with Crippen molar-refractivity contribution in [2.45, 2.75) is 45.6 Å². The molecule has 0 fully saturated rings. The monoisotopic (exact) mass is 632 g/mol. The molecule has 49 heavy (non-hydrogen) atoms. The number of nitrogens with zero attached hydrogens (tertiary/aromatic N) is 2. The smallest absolute Gasteiger partial charge is 0.0546 e. The van der Waals surface area contributed by atoms with Crippen molar-refractivity contribution in [2.24, 2.45) is 0 Å². The largest absolute Gasteiger partial charge is 0.335 e. The van der Waals surface area contributed by atoms with Gasteiger partial charge in [0.05, 0.1) is 11.2 Å². The number of anilines is 3. The van der Waals surface area contributed by atoms with Crippen LogP contribution in [0.25, 0.3) is 54.8 Å². The van der Waals surface area contributed by atoms with Crippen molar-refractivity contribution in [3.05, 3.63) is 163 Å². The molecule has 0 bridgehead atoms. The van der Waals surface area contributed by atoms with Gasteiger partial charge in [-0.3, -0.25) is 0 Å². The minimum atomic E-state index is -0.109. The first-order valence-electron chi connectivity index (χ1n) is 17.4. The van der Waals surface area contributed by atoms with Crippen LogP contribution in [-0.2, 0) is 11.0 Å². The number of rotatable bonds is 4. The first-order valence-corrected chi connectivity index (χ1v) is 17.4. The van der Waals surface area contributed by atoms with Crippen LogP contribution in [-0.4, -0.2) is 4.57 Å². The molecule has 2 nitrogen and oxygen atoms in total. The molecule has 0 aliphatic heterocycles. The summed E-state index contributed by atoms with van der Waals surface area (Å²) in [7, 11) is 0. The van der Waals surface area contributed by atoms with E-state index in [1.165, 1.54) is 66.0 Å². The fraction of sp³-hybridized carbons (Fsp3) is 0.149.